The quantitative estimate of drug-likeness (QED) is 0.732. The van der Waals surface area contributed by atoms with E-state index in [2.05, 4.69) is 27.2 Å². The van der Waals surface area contributed by atoms with Crippen molar-refractivity contribution in [2.75, 3.05) is 11.9 Å². The zero-order valence-corrected chi connectivity index (χ0v) is 9.53. The summed E-state index contributed by atoms with van der Waals surface area (Å²) in [5.74, 6) is 0.325. The average Bonchev–Trinajstić information content (AvgIpc) is 2.26. The largest absolute Gasteiger partial charge is 0.351 e. The molecule has 0 aromatic carbocycles. The lowest BCUT2D eigenvalue weighted by Crippen LogP contribution is -2.30. The van der Waals surface area contributed by atoms with Gasteiger partial charge in [0.2, 0.25) is 5.95 Å². The summed E-state index contributed by atoms with van der Waals surface area (Å²) in [4.78, 5) is 19.6. The van der Waals surface area contributed by atoms with Crippen LogP contribution < -0.4 is 10.6 Å². The standard InChI is InChI=1S/C11H16N4O/c1-4-5-12-11-13-6-9(7-14-11)10(16)15-8(2)3/h4,6-8H,1,5H2,2-3H3,(H,15,16)(H,12,13,14). The van der Waals surface area contributed by atoms with E-state index in [1.165, 1.54) is 12.4 Å². The minimum absolute atomic E-state index is 0.103. The molecule has 0 unspecified atom stereocenters. The lowest BCUT2D eigenvalue weighted by atomic mass is 10.3. The van der Waals surface area contributed by atoms with Gasteiger partial charge in [-0.25, -0.2) is 9.97 Å². The highest BCUT2D eigenvalue weighted by atomic mass is 16.1. The van der Waals surface area contributed by atoms with Crippen molar-refractivity contribution in [2.45, 2.75) is 19.9 Å². The first-order valence-electron chi connectivity index (χ1n) is 5.11. The lowest BCUT2D eigenvalue weighted by Gasteiger charge is -2.08. The van der Waals surface area contributed by atoms with Crippen LogP contribution in [0.5, 0.6) is 0 Å². The van der Waals surface area contributed by atoms with Gasteiger partial charge in [-0.2, -0.15) is 0 Å². The van der Waals surface area contributed by atoms with Crippen LogP contribution in [-0.2, 0) is 0 Å². The Balaban J connectivity index is 2.63. The molecule has 0 spiro atoms. The van der Waals surface area contributed by atoms with Gasteiger partial charge in [-0.1, -0.05) is 6.08 Å². The number of carbonyl (C=O) groups is 1. The van der Waals surface area contributed by atoms with E-state index in [9.17, 15) is 4.79 Å². The smallest absolute Gasteiger partial charge is 0.254 e. The average molecular weight is 220 g/mol. The number of rotatable bonds is 5. The molecule has 1 rings (SSSR count). The van der Waals surface area contributed by atoms with E-state index in [0.29, 0.717) is 18.1 Å². The van der Waals surface area contributed by atoms with Crippen LogP contribution in [0.15, 0.2) is 25.0 Å². The van der Waals surface area contributed by atoms with E-state index < -0.39 is 0 Å². The molecular weight excluding hydrogens is 204 g/mol. The number of carbonyl (C=O) groups excluding carboxylic acids is 1. The molecular formula is C11H16N4O. The predicted octanol–water partition coefficient (Wildman–Crippen LogP) is 1.21. The van der Waals surface area contributed by atoms with Crippen molar-refractivity contribution in [1.82, 2.24) is 15.3 Å². The van der Waals surface area contributed by atoms with Gasteiger partial charge < -0.3 is 10.6 Å². The Morgan fingerprint density at radius 1 is 1.50 bits per heavy atom. The second kappa shape index (κ2) is 5.85. The monoisotopic (exact) mass is 220 g/mol. The van der Waals surface area contributed by atoms with Crippen LogP contribution in [-0.4, -0.2) is 28.5 Å². The number of anilines is 1. The molecule has 1 amide bonds. The highest BCUT2D eigenvalue weighted by Crippen LogP contribution is 2.00. The van der Waals surface area contributed by atoms with E-state index in [1.54, 1.807) is 6.08 Å². The minimum Gasteiger partial charge on any atom is -0.351 e. The summed E-state index contributed by atoms with van der Waals surface area (Å²) in [7, 11) is 0. The summed E-state index contributed by atoms with van der Waals surface area (Å²) < 4.78 is 0. The Kier molecular flexibility index (Phi) is 4.44. The maximum atomic E-state index is 11.6. The van der Waals surface area contributed by atoms with Gasteiger partial charge in [0, 0.05) is 25.0 Å². The Morgan fingerprint density at radius 3 is 2.62 bits per heavy atom. The fourth-order valence-electron chi connectivity index (χ4n) is 1.05. The van der Waals surface area contributed by atoms with Gasteiger partial charge in [-0.05, 0) is 13.8 Å². The van der Waals surface area contributed by atoms with Crippen LogP contribution >= 0.6 is 0 Å². The molecule has 5 heteroatoms. The Labute approximate surface area is 95.0 Å². The molecule has 0 saturated heterocycles. The fourth-order valence-corrected chi connectivity index (χ4v) is 1.05. The summed E-state index contributed by atoms with van der Waals surface area (Å²) in [6.45, 7) is 7.97. The summed E-state index contributed by atoms with van der Waals surface area (Å²) in [5, 5.41) is 5.70. The first kappa shape index (κ1) is 12.2. The zero-order chi connectivity index (χ0) is 12.0. The number of nitrogens with one attached hydrogen (secondary N) is 2. The first-order valence-corrected chi connectivity index (χ1v) is 5.11. The van der Waals surface area contributed by atoms with Crippen LogP contribution in [0, 0.1) is 0 Å². The van der Waals surface area contributed by atoms with Crippen molar-refractivity contribution in [3.05, 3.63) is 30.6 Å². The lowest BCUT2D eigenvalue weighted by molar-refractivity contribution is 0.0942. The molecule has 0 bridgehead atoms. The summed E-state index contributed by atoms with van der Waals surface area (Å²) in [6, 6.07) is 0.103. The second-order valence-electron chi connectivity index (χ2n) is 3.59. The molecule has 16 heavy (non-hydrogen) atoms. The molecule has 0 aliphatic carbocycles. The summed E-state index contributed by atoms with van der Waals surface area (Å²) in [5.41, 5.74) is 0.456. The normalized spacial score (nSPS) is 9.94. The molecule has 0 aliphatic heterocycles. The third kappa shape index (κ3) is 3.68. The van der Waals surface area contributed by atoms with Crippen LogP contribution in [0.4, 0.5) is 5.95 Å². The number of hydrogen-bond donors (Lipinski definition) is 2. The van der Waals surface area contributed by atoms with E-state index in [-0.39, 0.29) is 11.9 Å². The van der Waals surface area contributed by atoms with E-state index >= 15 is 0 Å². The van der Waals surface area contributed by atoms with Crippen LogP contribution in [0.3, 0.4) is 0 Å². The molecule has 0 fully saturated rings. The molecule has 0 aliphatic rings. The highest BCUT2D eigenvalue weighted by Gasteiger charge is 2.07. The third-order valence-electron chi connectivity index (χ3n) is 1.74. The van der Waals surface area contributed by atoms with Crippen LogP contribution in [0.2, 0.25) is 0 Å². The van der Waals surface area contributed by atoms with Crippen LogP contribution in [0.25, 0.3) is 0 Å². The molecule has 2 N–H and O–H groups in total. The SMILES string of the molecule is C=CCNc1ncc(C(=O)NC(C)C)cn1. The van der Waals surface area contributed by atoms with Gasteiger partial charge in [0.15, 0.2) is 0 Å². The van der Waals surface area contributed by atoms with Crippen molar-refractivity contribution >= 4 is 11.9 Å². The molecule has 1 aromatic rings. The Morgan fingerprint density at radius 2 is 2.12 bits per heavy atom. The molecule has 0 atom stereocenters. The van der Waals surface area contributed by atoms with Crippen molar-refractivity contribution in [3.63, 3.8) is 0 Å². The van der Waals surface area contributed by atoms with Crippen LogP contribution in [0.1, 0.15) is 24.2 Å². The molecule has 86 valence electrons. The van der Waals surface area contributed by atoms with Crippen molar-refractivity contribution < 1.29 is 4.79 Å². The number of nitrogens with zero attached hydrogens (tertiary/aromatic N) is 2. The molecule has 1 heterocycles. The van der Waals surface area contributed by atoms with Crippen molar-refractivity contribution in [3.8, 4) is 0 Å². The van der Waals surface area contributed by atoms with Crippen molar-refractivity contribution in [1.29, 1.82) is 0 Å². The van der Waals surface area contributed by atoms with Crippen molar-refractivity contribution in [2.24, 2.45) is 0 Å². The maximum absolute atomic E-state index is 11.6. The van der Waals surface area contributed by atoms with E-state index in [4.69, 9.17) is 0 Å². The minimum atomic E-state index is -0.162. The highest BCUT2D eigenvalue weighted by molar-refractivity contribution is 5.93. The molecule has 5 nitrogen and oxygen atoms in total. The van der Waals surface area contributed by atoms with E-state index in [0.717, 1.165) is 0 Å². The topological polar surface area (TPSA) is 66.9 Å². The first-order chi connectivity index (χ1) is 7.63. The maximum Gasteiger partial charge on any atom is 0.254 e. The van der Waals surface area contributed by atoms with Gasteiger partial charge >= 0.3 is 0 Å². The van der Waals surface area contributed by atoms with Gasteiger partial charge in [0.25, 0.3) is 5.91 Å². The van der Waals surface area contributed by atoms with E-state index in [1.807, 2.05) is 13.8 Å². The van der Waals surface area contributed by atoms with Gasteiger partial charge in [0.05, 0.1) is 5.56 Å². The summed E-state index contributed by atoms with van der Waals surface area (Å²) >= 11 is 0. The fraction of sp³-hybridized carbons (Fsp3) is 0.364. The second-order valence-corrected chi connectivity index (χ2v) is 3.59. The number of aromatic nitrogens is 2. The summed E-state index contributed by atoms with van der Waals surface area (Å²) in [6.07, 6.45) is 4.70. The number of amides is 1. The molecule has 0 saturated carbocycles. The zero-order valence-electron chi connectivity index (χ0n) is 9.53. The van der Waals surface area contributed by atoms with Gasteiger partial charge in [-0.15, -0.1) is 6.58 Å². The van der Waals surface area contributed by atoms with Gasteiger partial charge in [-0.3, -0.25) is 4.79 Å². The predicted molar refractivity (Wildman–Crippen MR) is 63.3 cm³/mol. The third-order valence-corrected chi connectivity index (χ3v) is 1.74. The molecule has 0 radical (unpaired) electrons. The number of hydrogen-bond acceptors (Lipinski definition) is 4. The Hall–Kier alpha value is -1.91. The van der Waals surface area contributed by atoms with Gasteiger partial charge in [0.1, 0.15) is 0 Å². The Bertz CT molecular complexity index is 359. The molecule has 1 aromatic heterocycles.